The first-order valence-electron chi connectivity index (χ1n) is 10.5. The van der Waals surface area contributed by atoms with Gasteiger partial charge in [0.2, 0.25) is 5.91 Å². The molecule has 2 N–H and O–H groups in total. The van der Waals surface area contributed by atoms with Crippen LogP contribution in [0.2, 0.25) is 0 Å². The predicted molar refractivity (Wildman–Crippen MR) is 121 cm³/mol. The first kappa shape index (κ1) is 23.2. The summed E-state index contributed by atoms with van der Waals surface area (Å²) in [5.41, 5.74) is 3.78. The van der Waals surface area contributed by atoms with Crippen LogP contribution in [-0.4, -0.2) is 23.6 Å². The minimum Gasteiger partial charge on any atom is -0.491 e. The van der Waals surface area contributed by atoms with Crippen molar-refractivity contribution >= 4 is 23.1 Å². The molecule has 0 aliphatic carbocycles. The lowest BCUT2D eigenvalue weighted by Gasteiger charge is -2.11. The minimum absolute atomic E-state index is 0.0495. The molecule has 0 saturated heterocycles. The summed E-state index contributed by atoms with van der Waals surface area (Å²) in [5.74, 6) is -0.561. The van der Waals surface area contributed by atoms with E-state index in [1.54, 1.807) is 18.2 Å². The van der Waals surface area contributed by atoms with Crippen LogP contribution in [0.4, 0.5) is 5.69 Å². The molecule has 0 aliphatic heterocycles. The molecule has 5 nitrogen and oxygen atoms in total. The Labute approximate surface area is 178 Å². The quantitative estimate of drug-likeness (QED) is 0.348. The topological polar surface area (TPSA) is 75.6 Å². The maximum absolute atomic E-state index is 12.5. The molecule has 2 aromatic rings. The molecular weight excluding hydrogens is 378 g/mol. The normalized spacial score (nSPS) is 11.2. The van der Waals surface area contributed by atoms with Crippen molar-refractivity contribution < 1.29 is 19.4 Å². The molecule has 30 heavy (non-hydrogen) atoms. The van der Waals surface area contributed by atoms with Crippen LogP contribution in [0, 0.1) is 0 Å². The molecule has 0 fully saturated rings. The highest BCUT2D eigenvalue weighted by Crippen LogP contribution is 2.24. The van der Waals surface area contributed by atoms with Crippen molar-refractivity contribution in [2.24, 2.45) is 0 Å². The third-order valence-electron chi connectivity index (χ3n) is 4.76. The van der Waals surface area contributed by atoms with Crippen molar-refractivity contribution in [2.75, 3.05) is 11.9 Å². The summed E-state index contributed by atoms with van der Waals surface area (Å²) in [7, 11) is 0. The number of para-hydroxylation sites is 2. The van der Waals surface area contributed by atoms with Crippen molar-refractivity contribution in [2.45, 2.75) is 52.4 Å². The Morgan fingerprint density at radius 3 is 2.47 bits per heavy atom. The van der Waals surface area contributed by atoms with Crippen LogP contribution in [-0.2, 0) is 16.0 Å². The van der Waals surface area contributed by atoms with E-state index in [9.17, 15) is 9.59 Å². The number of aryl methyl sites for hydroxylation is 1. The van der Waals surface area contributed by atoms with Gasteiger partial charge in [0.1, 0.15) is 5.75 Å². The Hall–Kier alpha value is -3.08. The van der Waals surface area contributed by atoms with Gasteiger partial charge in [-0.2, -0.15) is 0 Å². The van der Waals surface area contributed by atoms with Crippen LogP contribution >= 0.6 is 0 Å². The van der Waals surface area contributed by atoms with E-state index in [1.165, 1.54) is 24.8 Å². The minimum atomic E-state index is -0.852. The van der Waals surface area contributed by atoms with Gasteiger partial charge in [0.05, 0.1) is 12.3 Å². The van der Waals surface area contributed by atoms with Gasteiger partial charge in [-0.05, 0) is 55.0 Å². The number of hydrogen-bond donors (Lipinski definition) is 2. The molecule has 160 valence electrons. The number of amides is 1. The molecule has 0 heterocycles. The number of carboxylic acid groups (broad SMARTS) is 1. The van der Waals surface area contributed by atoms with E-state index in [-0.39, 0.29) is 18.9 Å². The number of anilines is 1. The molecule has 0 aliphatic rings. The number of benzene rings is 2. The summed E-state index contributed by atoms with van der Waals surface area (Å²) in [6.07, 6.45) is 6.77. The fourth-order valence-corrected chi connectivity index (χ4v) is 3.06. The lowest BCUT2D eigenvalue weighted by molar-refractivity contribution is -0.137. The van der Waals surface area contributed by atoms with Crippen molar-refractivity contribution in [3.8, 4) is 5.75 Å². The average Bonchev–Trinajstić information content (AvgIpc) is 2.72. The fraction of sp³-hybridized carbons (Fsp3) is 0.360. The summed E-state index contributed by atoms with van der Waals surface area (Å²) < 4.78 is 5.63. The monoisotopic (exact) mass is 409 g/mol. The average molecular weight is 410 g/mol. The maximum Gasteiger partial charge on any atom is 0.303 e. The Morgan fingerprint density at radius 2 is 1.77 bits per heavy atom. The highest BCUT2D eigenvalue weighted by atomic mass is 16.5. The number of ether oxygens (including phenoxy) is 1. The van der Waals surface area contributed by atoms with Crippen LogP contribution in [0.5, 0.6) is 5.75 Å². The summed E-state index contributed by atoms with van der Waals surface area (Å²) in [6, 6.07) is 15.5. The zero-order valence-electron chi connectivity index (χ0n) is 17.8. The fourth-order valence-electron chi connectivity index (χ4n) is 3.06. The molecule has 0 radical (unpaired) electrons. The van der Waals surface area contributed by atoms with Gasteiger partial charge in [-0.15, -0.1) is 0 Å². The van der Waals surface area contributed by atoms with E-state index < -0.39 is 5.97 Å². The third kappa shape index (κ3) is 8.11. The zero-order valence-corrected chi connectivity index (χ0v) is 17.8. The summed E-state index contributed by atoms with van der Waals surface area (Å²) in [5, 5.41) is 11.6. The SMILES string of the molecule is CCCCCc1ccc(/C(C)=C/C(=O)Nc2ccccc2OCCCC(=O)O)cc1. The van der Waals surface area contributed by atoms with Crippen LogP contribution in [0.3, 0.4) is 0 Å². The van der Waals surface area contributed by atoms with Gasteiger partial charge in [0.15, 0.2) is 0 Å². The van der Waals surface area contributed by atoms with Gasteiger partial charge in [0.25, 0.3) is 0 Å². The smallest absolute Gasteiger partial charge is 0.303 e. The second-order valence-electron chi connectivity index (χ2n) is 7.31. The Kier molecular flexibility index (Phi) is 9.65. The molecule has 0 unspecified atom stereocenters. The maximum atomic E-state index is 12.5. The van der Waals surface area contributed by atoms with E-state index in [0.29, 0.717) is 17.9 Å². The first-order valence-corrected chi connectivity index (χ1v) is 10.5. The zero-order chi connectivity index (χ0) is 21.8. The molecule has 0 aromatic heterocycles. The highest BCUT2D eigenvalue weighted by Gasteiger charge is 2.07. The predicted octanol–water partition coefficient (Wildman–Crippen LogP) is 5.70. The van der Waals surface area contributed by atoms with E-state index in [1.807, 2.05) is 19.1 Å². The summed E-state index contributed by atoms with van der Waals surface area (Å²) in [4.78, 5) is 23.1. The first-order chi connectivity index (χ1) is 14.5. The molecule has 0 atom stereocenters. The van der Waals surface area contributed by atoms with Gasteiger partial charge in [0, 0.05) is 12.5 Å². The molecule has 0 bridgehead atoms. The second kappa shape index (κ2) is 12.5. The van der Waals surface area contributed by atoms with Crippen LogP contribution < -0.4 is 10.1 Å². The van der Waals surface area contributed by atoms with E-state index >= 15 is 0 Å². The van der Waals surface area contributed by atoms with E-state index in [4.69, 9.17) is 9.84 Å². The van der Waals surface area contributed by atoms with Gasteiger partial charge in [-0.3, -0.25) is 9.59 Å². The molecule has 2 aromatic carbocycles. The van der Waals surface area contributed by atoms with Gasteiger partial charge in [-0.1, -0.05) is 56.2 Å². The summed E-state index contributed by atoms with van der Waals surface area (Å²) >= 11 is 0. The standard InChI is InChI=1S/C25H31NO4/c1-3-4-5-9-20-13-15-21(16-14-20)19(2)18-24(27)26-22-10-6-7-11-23(22)30-17-8-12-25(28)29/h6-7,10-11,13-16,18H,3-5,8-9,12,17H2,1-2H3,(H,26,27)(H,28,29)/b19-18+. The number of carboxylic acids is 1. The third-order valence-corrected chi connectivity index (χ3v) is 4.76. The number of unbranched alkanes of at least 4 members (excludes halogenated alkanes) is 2. The lowest BCUT2D eigenvalue weighted by Crippen LogP contribution is -2.11. The van der Waals surface area contributed by atoms with Gasteiger partial charge >= 0.3 is 5.97 Å². The number of aliphatic carboxylic acids is 1. The van der Waals surface area contributed by atoms with Crippen LogP contribution in [0.25, 0.3) is 5.57 Å². The van der Waals surface area contributed by atoms with Gasteiger partial charge in [-0.25, -0.2) is 0 Å². The Bertz CT molecular complexity index is 856. The Morgan fingerprint density at radius 1 is 1.03 bits per heavy atom. The van der Waals surface area contributed by atoms with E-state index in [0.717, 1.165) is 17.6 Å². The molecular formula is C25H31NO4. The lowest BCUT2D eigenvalue weighted by atomic mass is 10.0. The molecule has 0 saturated carbocycles. The van der Waals surface area contributed by atoms with Crippen molar-refractivity contribution in [1.29, 1.82) is 0 Å². The second-order valence-corrected chi connectivity index (χ2v) is 7.31. The van der Waals surface area contributed by atoms with Crippen LogP contribution in [0.1, 0.15) is 57.1 Å². The van der Waals surface area contributed by atoms with Crippen LogP contribution in [0.15, 0.2) is 54.6 Å². The number of rotatable bonds is 12. The number of hydrogen-bond acceptors (Lipinski definition) is 3. The number of carbonyl (C=O) groups is 2. The molecule has 5 heteroatoms. The number of nitrogens with one attached hydrogen (secondary N) is 1. The van der Waals surface area contributed by atoms with Crippen molar-refractivity contribution in [3.05, 3.63) is 65.7 Å². The molecule has 2 rings (SSSR count). The highest BCUT2D eigenvalue weighted by molar-refractivity contribution is 6.04. The Balaban J connectivity index is 1.95. The molecule has 0 spiro atoms. The molecule has 1 amide bonds. The van der Waals surface area contributed by atoms with Crippen molar-refractivity contribution in [3.63, 3.8) is 0 Å². The van der Waals surface area contributed by atoms with E-state index in [2.05, 4.69) is 36.5 Å². The summed E-state index contributed by atoms with van der Waals surface area (Å²) in [6.45, 7) is 4.39. The number of carbonyl (C=O) groups excluding carboxylic acids is 1. The van der Waals surface area contributed by atoms with Crippen molar-refractivity contribution in [1.82, 2.24) is 0 Å². The largest absolute Gasteiger partial charge is 0.491 e. The number of allylic oxidation sites excluding steroid dienone is 1. The van der Waals surface area contributed by atoms with Gasteiger partial charge < -0.3 is 15.2 Å².